The Kier molecular flexibility index (Phi) is 5.23. The zero-order valence-corrected chi connectivity index (χ0v) is 14.2. The Morgan fingerprint density at radius 2 is 1.96 bits per heavy atom. The third-order valence-electron chi connectivity index (χ3n) is 3.32. The molecule has 1 aliphatic heterocycles. The van der Waals surface area contributed by atoms with Crippen LogP contribution in [0, 0.1) is 0 Å². The molecule has 0 unspecified atom stereocenters. The Bertz CT molecular complexity index is 893. The van der Waals surface area contributed by atoms with Gasteiger partial charge in [0.1, 0.15) is 11.5 Å². The number of nitrogens with one attached hydrogen (secondary N) is 2. The highest BCUT2D eigenvalue weighted by Gasteiger charge is 2.24. The van der Waals surface area contributed by atoms with Gasteiger partial charge in [-0.3, -0.25) is 19.7 Å². The lowest BCUT2D eigenvalue weighted by atomic mass is 10.2. The van der Waals surface area contributed by atoms with Crippen LogP contribution in [0.25, 0.3) is 6.08 Å². The molecule has 1 heterocycles. The molecule has 132 valence electrons. The Hall–Kier alpha value is -3.26. The molecule has 3 N–H and O–H groups in total. The van der Waals surface area contributed by atoms with Crippen molar-refractivity contribution in [2.45, 2.75) is 0 Å². The smallest absolute Gasteiger partial charge is 0.290 e. The van der Waals surface area contributed by atoms with Crippen molar-refractivity contribution < 1.29 is 24.2 Å². The van der Waals surface area contributed by atoms with Gasteiger partial charge in [-0.05, 0) is 59.8 Å². The van der Waals surface area contributed by atoms with Crippen molar-refractivity contribution in [2.75, 3.05) is 11.9 Å². The normalized spacial score (nSPS) is 15.0. The fraction of sp³-hybridized carbons (Fsp3) is 0.0556. The number of thioether (sulfide) groups is 1. The van der Waals surface area contributed by atoms with E-state index in [9.17, 15) is 19.5 Å². The molecule has 0 aliphatic carbocycles. The molecule has 2 aromatic carbocycles. The molecule has 3 amide bonds. The number of carbonyl (C=O) groups is 3. The molecule has 0 radical (unpaired) electrons. The van der Waals surface area contributed by atoms with Crippen LogP contribution in [0.1, 0.15) is 5.56 Å². The van der Waals surface area contributed by atoms with Gasteiger partial charge in [0.25, 0.3) is 17.1 Å². The minimum atomic E-state index is -0.431. The summed E-state index contributed by atoms with van der Waals surface area (Å²) in [6.07, 6.45) is 1.58. The molecular formula is C18H14N2O5S. The van der Waals surface area contributed by atoms with Gasteiger partial charge in [-0.15, -0.1) is 0 Å². The molecule has 8 heteroatoms. The molecule has 1 fully saturated rings. The van der Waals surface area contributed by atoms with Gasteiger partial charge in [-0.1, -0.05) is 12.1 Å². The number of aromatic hydroxyl groups is 1. The summed E-state index contributed by atoms with van der Waals surface area (Å²) in [4.78, 5) is 34.9. The molecule has 0 bridgehead atoms. The lowest BCUT2D eigenvalue weighted by Gasteiger charge is -2.08. The Labute approximate surface area is 153 Å². The summed E-state index contributed by atoms with van der Waals surface area (Å²) in [5.74, 6) is -0.216. The van der Waals surface area contributed by atoms with E-state index in [1.807, 2.05) is 0 Å². The van der Waals surface area contributed by atoms with Gasteiger partial charge in [0.05, 0.1) is 4.91 Å². The summed E-state index contributed by atoms with van der Waals surface area (Å²) in [5, 5.41) is 13.6. The molecular weight excluding hydrogens is 356 g/mol. The standard InChI is InChI=1S/C18H14N2O5S/c21-13-6-4-12(5-7-13)19-16(22)10-25-14-3-1-2-11(8-14)9-15-17(23)20-18(24)26-15/h1-9,21H,10H2,(H,19,22)(H,20,23,24)/b15-9-. The van der Waals surface area contributed by atoms with Crippen LogP contribution in [0.15, 0.2) is 53.4 Å². The first-order valence-corrected chi connectivity index (χ1v) is 8.38. The zero-order valence-electron chi connectivity index (χ0n) is 13.4. The summed E-state index contributed by atoms with van der Waals surface area (Å²) in [6.45, 7) is -0.200. The Morgan fingerprint density at radius 1 is 1.19 bits per heavy atom. The summed E-state index contributed by atoms with van der Waals surface area (Å²) >= 11 is 0.834. The number of benzene rings is 2. The quantitative estimate of drug-likeness (QED) is 0.552. The van der Waals surface area contributed by atoms with Gasteiger partial charge >= 0.3 is 0 Å². The fourth-order valence-corrected chi connectivity index (χ4v) is 2.84. The largest absolute Gasteiger partial charge is 0.508 e. The maximum absolute atomic E-state index is 11.9. The highest BCUT2D eigenvalue weighted by Crippen LogP contribution is 2.26. The average molecular weight is 370 g/mol. The molecule has 7 nitrogen and oxygen atoms in total. The summed E-state index contributed by atoms with van der Waals surface area (Å²) in [5.41, 5.74) is 1.22. The lowest BCUT2D eigenvalue weighted by Crippen LogP contribution is -2.20. The number of amides is 3. The van der Waals surface area contributed by atoms with Crippen LogP contribution in [0.2, 0.25) is 0 Å². The molecule has 0 spiro atoms. The number of ether oxygens (including phenoxy) is 1. The van der Waals surface area contributed by atoms with Crippen molar-refractivity contribution in [1.82, 2.24) is 5.32 Å². The molecule has 0 aromatic heterocycles. The topological polar surface area (TPSA) is 105 Å². The van der Waals surface area contributed by atoms with E-state index < -0.39 is 11.1 Å². The third kappa shape index (κ3) is 4.64. The predicted molar refractivity (Wildman–Crippen MR) is 97.8 cm³/mol. The Morgan fingerprint density at radius 3 is 2.65 bits per heavy atom. The second-order valence-corrected chi connectivity index (χ2v) is 6.32. The molecule has 1 aliphatic rings. The van der Waals surface area contributed by atoms with Crippen molar-refractivity contribution in [3.05, 3.63) is 59.0 Å². The van der Waals surface area contributed by atoms with E-state index in [-0.39, 0.29) is 18.3 Å². The monoisotopic (exact) mass is 370 g/mol. The van der Waals surface area contributed by atoms with Gasteiger partial charge in [0, 0.05) is 5.69 Å². The van der Waals surface area contributed by atoms with E-state index in [2.05, 4.69) is 10.6 Å². The van der Waals surface area contributed by atoms with Crippen LogP contribution in [-0.2, 0) is 9.59 Å². The van der Waals surface area contributed by atoms with E-state index in [0.717, 1.165) is 11.8 Å². The van der Waals surface area contributed by atoms with Crippen LogP contribution >= 0.6 is 11.8 Å². The number of imide groups is 1. The highest BCUT2D eigenvalue weighted by molar-refractivity contribution is 8.18. The van der Waals surface area contributed by atoms with Gasteiger partial charge in [0.15, 0.2) is 6.61 Å². The third-order valence-corrected chi connectivity index (χ3v) is 4.13. The van der Waals surface area contributed by atoms with Gasteiger partial charge in [-0.2, -0.15) is 0 Å². The number of hydrogen-bond donors (Lipinski definition) is 3. The maximum atomic E-state index is 11.9. The maximum Gasteiger partial charge on any atom is 0.290 e. The second-order valence-electron chi connectivity index (χ2n) is 5.31. The van der Waals surface area contributed by atoms with Crippen LogP contribution < -0.4 is 15.4 Å². The van der Waals surface area contributed by atoms with Crippen molar-refractivity contribution in [3.63, 3.8) is 0 Å². The molecule has 1 saturated heterocycles. The van der Waals surface area contributed by atoms with Crippen LogP contribution in [0.4, 0.5) is 10.5 Å². The SMILES string of the molecule is O=C(COc1cccc(/C=C2\SC(=O)NC2=O)c1)Nc1ccc(O)cc1. The van der Waals surface area contributed by atoms with Crippen molar-refractivity contribution in [2.24, 2.45) is 0 Å². The van der Waals surface area contributed by atoms with E-state index in [4.69, 9.17) is 4.74 Å². The first-order valence-electron chi connectivity index (χ1n) is 7.56. The molecule has 0 atom stereocenters. The number of rotatable bonds is 5. The van der Waals surface area contributed by atoms with Gasteiger partial charge in [-0.25, -0.2) is 0 Å². The lowest BCUT2D eigenvalue weighted by molar-refractivity contribution is -0.118. The summed E-state index contributed by atoms with van der Waals surface area (Å²) < 4.78 is 5.45. The molecule has 0 saturated carbocycles. The van der Waals surface area contributed by atoms with Crippen molar-refractivity contribution in [3.8, 4) is 11.5 Å². The van der Waals surface area contributed by atoms with Crippen LogP contribution in [0.5, 0.6) is 11.5 Å². The number of anilines is 1. The van der Waals surface area contributed by atoms with Crippen molar-refractivity contribution >= 4 is 40.6 Å². The fourth-order valence-electron chi connectivity index (χ4n) is 2.16. The first-order chi connectivity index (χ1) is 12.5. The zero-order chi connectivity index (χ0) is 18.5. The van der Waals surface area contributed by atoms with E-state index >= 15 is 0 Å². The number of carbonyl (C=O) groups excluding carboxylic acids is 3. The van der Waals surface area contributed by atoms with E-state index in [0.29, 0.717) is 21.9 Å². The predicted octanol–water partition coefficient (Wildman–Crippen LogP) is 2.73. The minimum Gasteiger partial charge on any atom is -0.508 e. The minimum absolute atomic E-state index is 0.112. The Balaban J connectivity index is 1.59. The van der Waals surface area contributed by atoms with E-state index in [1.165, 1.54) is 12.1 Å². The van der Waals surface area contributed by atoms with E-state index in [1.54, 1.807) is 42.5 Å². The average Bonchev–Trinajstić information content (AvgIpc) is 2.93. The number of phenolic OH excluding ortho intramolecular Hbond substituents is 1. The van der Waals surface area contributed by atoms with Gasteiger partial charge in [0.2, 0.25) is 0 Å². The number of phenols is 1. The summed E-state index contributed by atoms with van der Waals surface area (Å²) in [7, 11) is 0. The van der Waals surface area contributed by atoms with Crippen molar-refractivity contribution in [1.29, 1.82) is 0 Å². The molecule has 3 rings (SSSR count). The first kappa shape index (κ1) is 17.6. The molecule has 2 aromatic rings. The van der Waals surface area contributed by atoms with Gasteiger partial charge < -0.3 is 15.2 Å². The highest BCUT2D eigenvalue weighted by atomic mass is 32.2. The van der Waals surface area contributed by atoms with Crippen LogP contribution in [0.3, 0.4) is 0 Å². The molecule has 26 heavy (non-hydrogen) atoms. The second kappa shape index (κ2) is 7.75. The number of hydrogen-bond acceptors (Lipinski definition) is 6. The van der Waals surface area contributed by atoms with Crippen LogP contribution in [-0.4, -0.2) is 28.8 Å². The summed E-state index contributed by atoms with van der Waals surface area (Å²) in [6, 6.07) is 12.9.